The topological polar surface area (TPSA) is 64.0 Å². The van der Waals surface area contributed by atoms with Crippen LogP contribution in [-0.4, -0.2) is 39.4 Å². The molecular formula is C28H38N2O4S. The predicted molar refractivity (Wildman–Crippen MR) is 141 cm³/mol. The van der Waals surface area contributed by atoms with Crippen LogP contribution >= 0.6 is 11.3 Å². The molecule has 1 heterocycles. The molecule has 7 heteroatoms. The Morgan fingerprint density at radius 3 is 2.46 bits per heavy atom. The van der Waals surface area contributed by atoms with Crippen molar-refractivity contribution < 1.29 is 19.4 Å². The molecule has 190 valence electrons. The highest BCUT2D eigenvalue weighted by molar-refractivity contribution is 7.20. The van der Waals surface area contributed by atoms with Crippen LogP contribution in [0.4, 0.5) is 0 Å². The maximum absolute atomic E-state index is 11.4. The van der Waals surface area contributed by atoms with Crippen LogP contribution in [0.15, 0.2) is 42.5 Å². The fourth-order valence-corrected chi connectivity index (χ4v) is 5.53. The Morgan fingerprint density at radius 1 is 1.09 bits per heavy atom. The smallest absolute Gasteiger partial charge is 0.274 e. The molecule has 0 unspecified atom stereocenters. The number of aliphatic hydroxyl groups excluding tert-OH is 1. The first-order valence-corrected chi connectivity index (χ1v) is 13.4. The molecule has 1 atom stereocenters. The molecule has 1 fully saturated rings. The number of nitrogens with zero attached hydrogens (tertiary/aromatic N) is 2. The van der Waals surface area contributed by atoms with E-state index in [1.165, 1.54) is 24.2 Å². The van der Waals surface area contributed by atoms with Crippen molar-refractivity contribution in [2.45, 2.75) is 90.8 Å². The Hall–Kier alpha value is -2.19. The summed E-state index contributed by atoms with van der Waals surface area (Å²) in [6.07, 6.45) is 3.84. The average Bonchev–Trinajstić information content (AvgIpc) is 3.46. The zero-order valence-corrected chi connectivity index (χ0v) is 22.3. The van der Waals surface area contributed by atoms with Gasteiger partial charge in [0.15, 0.2) is 0 Å². The molecular weight excluding hydrogens is 460 g/mol. The van der Waals surface area contributed by atoms with Crippen LogP contribution in [0.1, 0.15) is 77.5 Å². The van der Waals surface area contributed by atoms with Crippen LogP contribution < -0.4 is 9.47 Å². The largest absolute Gasteiger partial charge is 0.486 e. The van der Waals surface area contributed by atoms with Crippen LogP contribution in [0.5, 0.6) is 10.9 Å². The monoisotopic (exact) mass is 498 g/mol. The molecule has 3 aromatic rings. The number of fused-ring (bicyclic) bond motifs is 1. The van der Waals surface area contributed by atoms with Gasteiger partial charge in [-0.3, -0.25) is 4.84 Å². The Labute approximate surface area is 212 Å². The lowest BCUT2D eigenvalue weighted by molar-refractivity contribution is -0.207. The molecule has 35 heavy (non-hydrogen) atoms. The highest BCUT2D eigenvalue weighted by atomic mass is 32.1. The number of hydroxylamine groups is 2. The number of aliphatic hydroxyl groups is 1. The summed E-state index contributed by atoms with van der Waals surface area (Å²) in [4.78, 5) is 11.0. The Morgan fingerprint density at radius 2 is 1.80 bits per heavy atom. The van der Waals surface area contributed by atoms with Crippen LogP contribution in [0.2, 0.25) is 0 Å². The lowest BCUT2D eigenvalue weighted by Crippen LogP contribution is -2.36. The van der Waals surface area contributed by atoms with Crippen molar-refractivity contribution in [3.8, 4) is 10.9 Å². The van der Waals surface area contributed by atoms with Crippen LogP contribution in [0.3, 0.4) is 0 Å². The van der Waals surface area contributed by atoms with Gasteiger partial charge in [-0.15, -0.1) is 0 Å². The summed E-state index contributed by atoms with van der Waals surface area (Å²) in [6.45, 7) is 10.9. The first kappa shape index (κ1) is 25.9. The highest BCUT2D eigenvalue weighted by Gasteiger charge is 2.28. The molecule has 0 amide bonds. The van der Waals surface area contributed by atoms with Crippen molar-refractivity contribution in [3.63, 3.8) is 0 Å². The maximum atomic E-state index is 11.4. The zero-order chi connectivity index (χ0) is 25.0. The third-order valence-electron chi connectivity index (χ3n) is 5.95. The third-order valence-corrected chi connectivity index (χ3v) is 6.95. The number of hydrogen-bond acceptors (Lipinski definition) is 7. The number of benzene rings is 2. The summed E-state index contributed by atoms with van der Waals surface area (Å²) < 4.78 is 13.0. The Kier molecular flexibility index (Phi) is 8.32. The van der Waals surface area contributed by atoms with Crippen molar-refractivity contribution in [1.29, 1.82) is 0 Å². The van der Waals surface area contributed by atoms with Crippen molar-refractivity contribution in [1.82, 2.24) is 10.0 Å². The van der Waals surface area contributed by atoms with E-state index in [1.54, 1.807) is 0 Å². The second-order valence-electron chi connectivity index (χ2n) is 10.5. The molecule has 1 aliphatic rings. The van der Waals surface area contributed by atoms with E-state index in [0.717, 1.165) is 34.2 Å². The summed E-state index contributed by atoms with van der Waals surface area (Å²) in [5, 5.41) is 14.0. The van der Waals surface area contributed by atoms with E-state index in [9.17, 15) is 5.11 Å². The number of hydrogen-bond donors (Lipinski definition) is 1. The predicted octanol–water partition coefficient (Wildman–Crippen LogP) is 6.67. The molecule has 0 aliphatic heterocycles. The van der Waals surface area contributed by atoms with Gasteiger partial charge in [0.2, 0.25) is 0 Å². The molecule has 0 bridgehead atoms. The van der Waals surface area contributed by atoms with Crippen molar-refractivity contribution in [3.05, 3.63) is 53.6 Å². The first-order valence-electron chi connectivity index (χ1n) is 12.6. The summed E-state index contributed by atoms with van der Waals surface area (Å²) >= 11 is 1.46. The highest BCUT2D eigenvalue weighted by Crippen LogP contribution is 2.40. The standard InChI is InChI=1S/C28H38N2O4S/c1-19(2)33-27-29-25-24(34-28(3,4)5)16-15-22(26(25)35-27)23(31)17-30(21-13-9-10-14-21)32-18-20-11-7-6-8-12-20/h6-8,11-12,15-16,19,21,23,31H,9-10,13-14,17-18H2,1-5H3/t23-/m0/s1. The van der Waals surface area contributed by atoms with Gasteiger partial charge in [-0.25, -0.2) is 0 Å². The minimum atomic E-state index is -0.732. The van der Waals surface area contributed by atoms with Crippen LogP contribution in [0, 0.1) is 0 Å². The summed E-state index contributed by atoms with van der Waals surface area (Å²) in [5.41, 5.74) is 2.31. The number of rotatable bonds is 10. The molecule has 0 saturated heterocycles. The van der Waals surface area contributed by atoms with Gasteiger partial charge in [-0.05, 0) is 59.1 Å². The molecule has 0 spiro atoms. The van der Waals surface area contributed by atoms with E-state index in [0.29, 0.717) is 30.1 Å². The lowest BCUT2D eigenvalue weighted by Gasteiger charge is -2.30. The quantitative estimate of drug-likeness (QED) is 0.315. The normalized spacial score (nSPS) is 15.9. The molecule has 4 rings (SSSR count). The van der Waals surface area contributed by atoms with Gasteiger partial charge in [-0.2, -0.15) is 10.0 Å². The molecule has 1 aliphatic carbocycles. The average molecular weight is 499 g/mol. The lowest BCUT2D eigenvalue weighted by atomic mass is 10.1. The second-order valence-corrected chi connectivity index (χ2v) is 11.5. The number of thiazole rings is 1. The van der Waals surface area contributed by atoms with Crippen LogP contribution in [-0.2, 0) is 11.4 Å². The van der Waals surface area contributed by atoms with Gasteiger partial charge < -0.3 is 14.6 Å². The second kappa shape index (κ2) is 11.2. The van der Waals surface area contributed by atoms with Crippen LogP contribution in [0.25, 0.3) is 10.2 Å². The van der Waals surface area contributed by atoms with E-state index in [4.69, 9.17) is 19.3 Å². The first-order chi connectivity index (χ1) is 16.7. The van der Waals surface area contributed by atoms with E-state index in [1.807, 2.05) is 70.0 Å². The summed E-state index contributed by atoms with van der Waals surface area (Å²) in [6, 6.07) is 14.4. The molecule has 2 aromatic carbocycles. The van der Waals surface area contributed by atoms with E-state index < -0.39 is 6.10 Å². The molecule has 0 radical (unpaired) electrons. The molecule has 6 nitrogen and oxygen atoms in total. The zero-order valence-electron chi connectivity index (χ0n) is 21.5. The van der Waals surface area contributed by atoms with E-state index in [-0.39, 0.29) is 11.7 Å². The fourth-order valence-electron chi connectivity index (χ4n) is 4.41. The third kappa shape index (κ3) is 6.94. The van der Waals surface area contributed by atoms with Crippen molar-refractivity contribution >= 4 is 21.6 Å². The SMILES string of the molecule is CC(C)Oc1nc2c(OC(C)(C)C)ccc([C@@H](O)CN(OCc3ccccc3)C3CCCC3)c2s1. The summed E-state index contributed by atoms with van der Waals surface area (Å²) in [7, 11) is 0. The Balaban J connectivity index is 1.60. The summed E-state index contributed by atoms with van der Waals surface area (Å²) in [5.74, 6) is 0.700. The van der Waals surface area contributed by atoms with Gasteiger partial charge >= 0.3 is 0 Å². The fraction of sp³-hybridized carbons (Fsp3) is 0.536. The number of aromatic nitrogens is 1. The molecule has 1 N–H and O–H groups in total. The van der Waals surface area contributed by atoms with Gasteiger partial charge in [-0.1, -0.05) is 60.6 Å². The number of ether oxygens (including phenoxy) is 2. The van der Waals surface area contributed by atoms with E-state index >= 15 is 0 Å². The van der Waals surface area contributed by atoms with Gasteiger partial charge in [0.25, 0.3) is 5.19 Å². The van der Waals surface area contributed by atoms with Gasteiger partial charge in [0.1, 0.15) is 16.9 Å². The van der Waals surface area contributed by atoms with Crippen molar-refractivity contribution in [2.24, 2.45) is 0 Å². The Bertz CT molecular complexity index is 1090. The van der Waals surface area contributed by atoms with Crippen molar-refractivity contribution in [2.75, 3.05) is 6.54 Å². The van der Waals surface area contributed by atoms with E-state index in [2.05, 4.69) is 12.1 Å². The molecule has 1 aromatic heterocycles. The maximum Gasteiger partial charge on any atom is 0.274 e. The molecule has 1 saturated carbocycles. The minimum Gasteiger partial charge on any atom is -0.486 e. The van der Waals surface area contributed by atoms with Gasteiger partial charge in [0.05, 0.1) is 30.1 Å². The minimum absolute atomic E-state index is 0.0140. The van der Waals surface area contributed by atoms with Gasteiger partial charge in [0, 0.05) is 11.6 Å².